The van der Waals surface area contributed by atoms with Crippen LogP contribution in [0.1, 0.15) is 16.7 Å². The number of hydrogen-bond acceptors (Lipinski definition) is 3. The lowest BCUT2D eigenvalue weighted by Gasteiger charge is -2.30. The smallest absolute Gasteiger partial charge is 0.140 e. The molecule has 5 aromatic rings. The number of rotatable bonds is 4. The summed E-state index contributed by atoms with van der Waals surface area (Å²) in [6, 6.07) is 28.5. The summed E-state index contributed by atoms with van der Waals surface area (Å²) in [7, 11) is 0. The van der Waals surface area contributed by atoms with E-state index in [-0.39, 0.29) is 0 Å². The van der Waals surface area contributed by atoms with Gasteiger partial charge in [-0.1, -0.05) is 89.9 Å². The van der Waals surface area contributed by atoms with Gasteiger partial charge < -0.3 is 5.11 Å². The van der Waals surface area contributed by atoms with Crippen LogP contribution >= 0.6 is 23.2 Å². The number of aromatic nitrogens is 2. The van der Waals surface area contributed by atoms with Crippen molar-refractivity contribution < 1.29 is 5.11 Å². The van der Waals surface area contributed by atoms with Crippen LogP contribution in [0.4, 0.5) is 0 Å². The van der Waals surface area contributed by atoms with Crippen molar-refractivity contribution in [2.45, 2.75) is 5.60 Å². The highest BCUT2D eigenvalue weighted by molar-refractivity contribution is 6.42. The Morgan fingerprint density at radius 2 is 1.31 bits per heavy atom. The predicted octanol–water partition coefficient (Wildman–Crippen LogP) is 6.89. The average molecular weight is 457 g/mol. The van der Waals surface area contributed by atoms with E-state index in [1.165, 1.54) is 0 Å². The van der Waals surface area contributed by atoms with Crippen molar-refractivity contribution in [2.75, 3.05) is 0 Å². The minimum atomic E-state index is -1.39. The monoisotopic (exact) mass is 456 g/mol. The van der Waals surface area contributed by atoms with Crippen LogP contribution in [0.2, 0.25) is 10.2 Å². The van der Waals surface area contributed by atoms with Crippen LogP contribution in [0.3, 0.4) is 0 Å². The highest BCUT2D eigenvalue weighted by Crippen LogP contribution is 2.42. The second kappa shape index (κ2) is 8.36. The summed E-state index contributed by atoms with van der Waals surface area (Å²) in [5.41, 5.74) is 2.95. The molecule has 0 radical (unpaired) electrons. The minimum absolute atomic E-state index is 0.342. The van der Waals surface area contributed by atoms with Gasteiger partial charge in [0.2, 0.25) is 0 Å². The third kappa shape index (κ3) is 3.45. The molecule has 0 saturated carbocycles. The van der Waals surface area contributed by atoms with E-state index < -0.39 is 5.60 Å². The molecular weight excluding hydrogens is 439 g/mol. The number of nitrogens with zero attached hydrogens (tertiary/aromatic N) is 2. The second-order valence-corrected chi connectivity index (χ2v) is 8.24. The van der Waals surface area contributed by atoms with Gasteiger partial charge in [0.1, 0.15) is 10.8 Å². The van der Waals surface area contributed by atoms with Crippen molar-refractivity contribution in [3.8, 4) is 11.1 Å². The Bertz CT molecular complexity index is 1350. The van der Waals surface area contributed by atoms with Crippen LogP contribution in [0.25, 0.3) is 22.0 Å². The molecule has 0 aliphatic heterocycles. The highest BCUT2D eigenvalue weighted by atomic mass is 35.5. The van der Waals surface area contributed by atoms with E-state index in [0.29, 0.717) is 32.4 Å². The van der Waals surface area contributed by atoms with E-state index in [0.717, 1.165) is 16.5 Å². The van der Waals surface area contributed by atoms with Gasteiger partial charge in [-0.25, -0.2) is 4.98 Å². The van der Waals surface area contributed by atoms with Gasteiger partial charge in [0.05, 0.1) is 10.5 Å². The Hall–Kier alpha value is -3.24. The van der Waals surface area contributed by atoms with Crippen molar-refractivity contribution in [2.24, 2.45) is 0 Å². The molecule has 0 aliphatic rings. The summed E-state index contributed by atoms with van der Waals surface area (Å²) in [6.45, 7) is 0. The van der Waals surface area contributed by atoms with E-state index in [9.17, 15) is 5.11 Å². The maximum Gasteiger partial charge on any atom is 0.140 e. The summed E-state index contributed by atoms with van der Waals surface area (Å²) in [4.78, 5) is 8.68. The second-order valence-electron chi connectivity index (χ2n) is 7.50. The Kier molecular flexibility index (Phi) is 5.40. The fourth-order valence-electron chi connectivity index (χ4n) is 4.04. The number of hydrogen-bond donors (Lipinski definition) is 1. The van der Waals surface area contributed by atoms with Crippen molar-refractivity contribution in [3.63, 3.8) is 0 Å². The molecule has 5 rings (SSSR count). The Morgan fingerprint density at radius 3 is 2.00 bits per heavy atom. The summed E-state index contributed by atoms with van der Waals surface area (Å²) in [6.07, 6.45) is 3.35. The van der Waals surface area contributed by atoms with E-state index in [4.69, 9.17) is 23.2 Å². The summed E-state index contributed by atoms with van der Waals surface area (Å²) >= 11 is 13.4. The van der Waals surface area contributed by atoms with Crippen LogP contribution < -0.4 is 0 Å². The molecule has 0 bridgehead atoms. The average Bonchev–Trinajstić information content (AvgIpc) is 2.85. The molecule has 0 fully saturated rings. The van der Waals surface area contributed by atoms with Crippen molar-refractivity contribution >= 4 is 34.1 Å². The van der Waals surface area contributed by atoms with E-state index in [2.05, 4.69) is 9.97 Å². The first-order valence-electron chi connectivity index (χ1n) is 10.1. The summed E-state index contributed by atoms with van der Waals surface area (Å²) < 4.78 is 0. The molecule has 0 spiro atoms. The van der Waals surface area contributed by atoms with E-state index in [1.54, 1.807) is 12.4 Å². The molecule has 156 valence electrons. The number of fused-ring (bicyclic) bond motifs is 1. The molecule has 5 heteroatoms. The van der Waals surface area contributed by atoms with Crippen LogP contribution in [-0.2, 0) is 5.60 Å². The maximum absolute atomic E-state index is 12.1. The van der Waals surface area contributed by atoms with Crippen LogP contribution in [-0.4, -0.2) is 15.1 Å². The Morgan fingerprint density at radius 1 is 0.688 bits per heavy atom. The van der Waals surface area contributed by atoms with Crippen LogP contribution in [0.15, 0.2) is 103 Å². The largest absolute Gasteiger partial charge is 0.376 e. The molecule has 2 aromatic heterocycles. The SMILES string of the molecule is OC(c1ccccc1)(c1ccncc1)c1ccc2nc(Cl)c(-c3ccccc3)c(Cl)c2c1. The lowest BCUT2D eigenvalue weighted by molar-refractivity contribution is 0.126. The molecule has 0 aliphatic carbocycles. The van der Waals surface area contributed by atoms with Crippen LogP contribution in [0, 0.1) is 0 Å². The first-order valence-corrected chi connectivity index (χ1v) is 10.9. The summed E-state index contributed by atoms with van der Waals surface area (Å²) in [5.74, 6) is 0. The fourth-order valence-corrected chi connectivity index (χ4v) is 4.74. The normalized spacial score (nSPS) is 13.1. The zero-order chi connectivity index (χ0) is 22.1. The van der Waals surface area contributed by atoms with Crippen molar-refractivity contribution in [1.29, 1.82) is 0 Å². The molecule has 1 unspecified atom stereocenters. The van der Waals surface area contributed by atoms with Crippen molar-refractivity contribution in [1.82, 2.24) is 9.97 Å². The van der Waals surface area contributed by atoms with E-state index >= 15 is 0 Å². The lowest BCUT2D eigenvalue weighted by atomic mass is 9.80. The molecule has 3 aromatic carbocycles. The third-order valence-corrected chi connectivity index (χ3v) is 6.31. The molecule has 1 N–H and O–H groups in total. The topological polar surface area (TPSA) is 46.0 Å². The van der Waals surface area contributed by atoms with E-state index in [1.807, 2.05) is 91.0 Å². The molecule has 1 atom stereocenters. The van der Waals surface area contributed by atoms with Gasteiger partial charge in [-0.15, -0.1) is 0 Å². The molecule has 3 nitrogen and oxygen atoms in total. The standard InChI is InChI=1S/C27H18Cl2N2O/c28-25-22-17-21(11-12-23(22)31-26(29)24(25)18-7-3-1-4-8-18)27(32,19-9-5-2-6-10-19)20-13-15-30-16-14-20/h1-17,32H. The molecule has 0 amide bonds. The van der Waals surface area contributed by atoms with Crippen molar-refractivity contribution in [3.05, 3.63) is 130 Å². The first-order chi connectivity index (χ1) is 15.6. The molecular formula is C27H18Cl2N2O. The minimum Gasteiger partial charge on any atom is -0.376 e. The van der Waals surface area contributed by atoms with Gasteiger partial charge in [-0.05, 0) is 46.5 Å². The van der Waals surface area contributed by atoms with Crippen LogP contribution in [0.5, 0.6) is 0 Å². The van der Waals surface area contributed by atoms with Gasteiger partial charge in [0.25, 0.3) is 0 Å². The number of benzene rings is 3. The van der Waals surface area contributed by atoms with Gasteiger partial charge in [0, 0.05) is 23.3 Å². The maximum atomic E-state index is 12.1. The van der Waals surface area contributed by atoms with Gasteiger partial charge in [-0.2, -0.15) is 0 Å². The lowest BCUT2D eigenvalue weighted by Crippen LogP contribution is -2.28. The number of halogens is 2. The molecule has 32 heavy (non-hydrogen) atoms. The first kappa shape index (κ1) is 20.7. The van der Waals surface area contributed by atoms with Gasteiger partial charge >= 0.3 is 0 Å². The van der Waals surface area contributed by atoms with Gasteiger partial charge in [0.15, 0.2) is 0 Å². The zero-order valence-electron chi connectivity index (χ0n) is 16.9. The zero-order valence-corrected chi connectivity index (χ0v) is 18.4. The third-order valence-electron chi connectivity index (χ3n) is 5.65. The number of aliphatic hydroxyl groups is 1. The van der Waals surface area contributed by atoms with Gasteiger partial charge in [-0.3, -0.25) is 4.98 Å². The highest BCUT2D eigenvalue weighted by Gasteiger charge is 2.34. The summed E-state index contributed by atoms with van der Waals surface area (Å²) in [5, 5.41) is 13.7. The molecule has 0 saturated heterocycles. The quantitative estimate of drug-likeness (QED) is 0.299. The predicted molar refractivity (Wildman–Crippen MR) is 130 cm³/mol. The number of pyridine rings is 2. The molecule has 2 heterocycles. The Balaban J connectivity index is 1.78. The Labute approximate surface area is 195 Å². The fraction of sp³-hybridized carbons (Fsp3) is 0.0370.